The van der Waals surface area contributed by atoms with Gasteiger partial charge in [0, 0.05) is 25.8 Å². The van der Waals surface area contributed by atoms with E-state index in [1.807, 2.05) is 25.1 Å². The summed E-state index contributed by atoms with van der Waals surface area (Å²) < 4.78 is 1.71. The molecule has 2 aromatic rings. The number of nitrogens with zero attached hydrogens (tertiary/aromatic N) is 3. The standard InChI is InChI=1S/C16H20N4O2/c1-2-8-17-15(21)13-12-7-3-4-11-20(12)14(18-13)16(22)19-9-5-6-10-19/h3-4,7,11H,2,5-6,8-10H2,1H3,(H,17,21). The van der Waals surface area contributed by atoms with Gasteiger partial charge in [-0.1, -0.05) is 13.0 Å². The number of nitrogens with one attached hydrogen (secondary N) is 1. The first-order chi connectivity index (χ1) is 10.7. The molecular formula is C16H20N4O2. The van der Waals surface area contributed by atoms with Crippen LogP contribution in [0.2, 0.25) is 0 Å². The molecule has 0 radical (unpaired) electrons. The normalized spacial score (nSPS) is 14.5. The Hall–Kier alpha value is -2.37. The van der Waals surface area contributed by atoms with Crippen molar-refractivity contribution in [2.24, 2.45) is 0 Å². The number of rotatable bonds is 4. The van der Waals surface area contributed by atoms with E-state index in [1.54, 1.807) is 15.5 Å². The predicted octanol–water partition coefficient (Wildman–Crippen LogP) is 1.71. The summed E-state index contributed by atoms with van der Waals surface area (Å²) in [6, 6.07) is 5.50. The minimum Gasteiger partial charge on any atom is -0.351 e. The molecule has 6 heteroatoms. The van der Waals surface area contributed by atoms with E-state index in [-0.39, 0.29) is 11.8 Å². The average Bonchev–Trinajstić information content (AvgIpc) is 3.19. The number of aromatic nitrogens is 2. The molecule has 22 heavy (non-hydrogen) atoms. The van der Waals surface area contributed by atoms with Gasteiger partial charge >= 0.3 is 0 Å². The van der Waals surface area contributed by atoms with Crippen LogP contribution in [-0.4, -0.2) is 45.7 Å². The lowest BCUT2D eigenvalue weighted by atomic mass is 10.3. The molecule has 116 valence electrons. The van der Waals surface area contributed by atoms with Gasteiger partial charge in [-0.05, 0) is 31.4 Å². The molecule has 1 aliphatic heterocycles. The lowest BCUT2D eigenvalue weighted by Gasteiger charge is -2.13. The monoisotopic (exact) mass is 300 g/mol. The van der Waals surface area contributed by atoms with E-state index in [2.05, 4.69) is 10.3 Å². The first-order valence-electron chi connectivity index (χ1n) is 7.77. The highest BCUT2D eigenvalue weighted by Crippen LogP contribution is 2.17. The van der Waals surface area contributed by atoms with Gasteiger partial charge in [-0.3, -0.25) is 14.0 Å². The van der Waals surface area contributed by atoms with E-state index in [1.165, 1.54) is 0 Å². The summed E-state index contributed by atoms with van der Waals surface area (Å²) in [6.45, 7) is 4.11. The molecule has 6 nitrogen and oxygen atoms in total. The zero-order valence-corrected chi connectivity index (χ0v) is 12.7. The first-order valence-corrected chi connectivity index (χ1v) is 7.77. The third-order valence-electron chi connectivity index (χ3n) is 3.88. The SMILES string of the molecule is CCCNC(=O)c1nc(C(=O)N2CCCC2)n2ccccc12. The van der Waals surface area contributed by atoms with Gasteiger partial charge in [0.15, 0.2) is 5.69 Å². The lowest BCUT2D eigenvalue weighted by molar-refractivity contribution is 0.0780. The highest BCUT2D eigenvalue weighted by molar-refractivity contribution is 6.02. The second-order valence-electron chi connectivity index (χ2n) is 5.50. The van der Waals surface area contributed by atoms with Crippen LogP contribution < -0.4 is 5.32 Å². The number of likely N-dealkylation sites (tertiary alicyclic amines) is 1. The summed E-state index contributed by atoms with van der Waals surface area (Å²) in [7, 11) is 0. The van der Waals surface area contributed by atoms with E-state index >= 15 is 0 Å². The fourth-order valence-corrected chi connectivity index (χ4v) is 2.74. The molecule has 0 aliphatic carbocycles. The van der Waals surface area contributed by atoms with Crippen LogP contribution in [-0.2, 0) is 0 Å². The molecular weight excluding hydrogens is 280 g/mol. The fourth-order valence-electron chi connectivity index (χ4n) is 2.74. The molecule has 1 saturated heterocycles. The summed E-state index contributed by atoms with van der Waals surface area (Å²) in [5.74, 6) is -0.0154. The van der Waals surface area contributed by atoms with Crippen LogP contribution >= 0.6 is 0 Å². The van der Waals surface area contributed by atoms with Gasteiger partial charge in [-0.25, -0.2) is 4.98 Å². The summed E-state index contributed by atoms with van der Waals surface area (Å²) in [5.41, 5.74) is 0.982. The van der Waals surface area contributed by atoms with Gasteiger partial charge in [0.2, 0.25) is 5.82 Å². The molecule has 2 aromatic heterocycles. The largest absolute Gasteiger partial charge is 0.351 e. The second-order valence-corrected chi connectivity index (χ2v) is 5.50. The van der Waals surface area contributed by atoms with Crippen molar-refractivity contribution in [1.82, 2.24) is 19.6 Å². The molecule has 1 aliphatic rings. The Morgan fingerprint density at radius 3 is 2.77 bits per heavy atom. The Morgan fingerprint density at radius 1 is 1.27 bits per heavy atom. The number of hydrogen-bond acceptors (Lipinski definition) is 3. The Kier molecular flexibility index (Phi) is 4.09. The maximum absolute atomic E-state index is 12.6. The average molecular weight is 300 g/mol. The zero-order chi connectivity index (χ0) is 15.5. The van der Waals surface area contributed by atoms with Crippen LogP contribution in [0, 0.1) is 0 Å². The third kappa shape index (κ3) is 2.56. The maximum Gasteiger partial charge on any atom is 0.290 e. The van der Waals surface area contributed by atoms with Crippen LogP contribution in [0.5, 0.6) is 0 Å². The van der Waals surface area contributed by atoms with E-state index in [0.717, 1.165) is 32.4 Å². The topological polar surface area (TPSA) is 66.7 Å². The Balaban J connectivity index is 2.00. The van der Waals surface area contributed by atoms with Gasteiger partial charge in [-0.15, -0.1) is 0 Å². The van der Waals surface area contributed by atoms with Crippen molar-refractivity contribution in [2.45, 2.75) is 26.2 Å². The molecule has 0 atom stereocenters. The number of fused-ring (bicyclic) bond motifs is 1. The summed E-state index contributed by atoms with van der Waals surface area (Å²) in [6.07, 6.45) is 4.69. The van der Waals surface area contributed by atoms with Crippen molar-refractivity contribution in [3.05, 3.63) is 35.9 Å². The number of amides is 2. The number of pyridine rings is 1. The number of hydrogen-bond donors (Lipinski definition) is 1. The van der Waals surface area contributed by atoms with Crippen LogP contribution in [0.3, 0.4) is 0 Å². The quantitative estimate of drug-likeness (QED) is 0.934. The van der Waals surface area contributed by atoms with Crippen LogP contribution in [0.1, 0.15) is 47.3 Å². The summed E-state index contributed by atoms with van der Waals surface area (Å²) >= 11 is 0. The van der Waals surface area contributed by atoms with Crippen molar-refractivity contribution in [3.8, 4) is 0 Å². The van der Waals surface area contributed by atoms with E-state index < -0.39 is 0 Å². The highest BCUT2D eigenvalue weighted by Gasteiger charge is 2.26. The highest BCUT2D eigenvalue weighted by atomic mass is 16.2. The molecule has 3 heterocycles. The van der Waals surface area contributed by atoms with Crippen molar-refractivity contribution in [1.29, 1.82) is 0 Å². The number of imidazole rings is 1. The number of carbonyl (C=O) groups is 2. The summed E-state index contributed by atoms with van der Waals surface area (Å²) in [4.78, 5) is 31.0. The smallest absolute Gasteiger partial charge is 0.290 e. The molecule has 0 unspecified atom stereocenters. The van der Waals surface area contributed by atoms with Crippen LogP contribution in [0.4, 0.5) is 0 Å². The predicted molar refractivity (Wildman–Crippen MR) is 83.0 cm³/mol. The van der Waals surface area contributed by atoms with E-state index in [4.69, 9.17) is 0 Å². The zero-order valence-electron chi connectivity index (χ0n) is 12.7. The van der Waals surface area contributed by atoms with Gasteiger partial charge in [0.25, 0.3) is 11.8 Å². The molecule has 0 aromatic carbocycles. The van der Waals surface area contributed by atoms with Gasteiger partial charge in [-0.2, -0.15) is 0 Å². The third-order valence-corrected chi connectivity index (χ3v) is 3.88. The first kappa shape index (κ1) is 14.6. The van der Waals surface area contributed by atoms with E-state index in [0.29, 0.717) is 23.6 Å². The van der Waals surface area contributed by atoms with Gasteiger partial charge in [0.1, 0.15) is 0 Å². The van der Waals surface area contributed by atoms with Crippen molar-refractivity contribution >= 4 is 17.3 Å². The minimum absolute atomic E-state index is 0.103. The lowest BCUT2D eigenvalue weighted by Crippen LogP contribution is -2.29. The maximum atomic E-state index is 12.6. The molecule has 1 fully saturated rings. The molecule has 0 bridgehead atoms. The van der Waals surface area contributed by atoms with Crippen molar-refractivity contribution < 1.29 is 9.59 Å². The minimum atomic E-state index is -0.231. The van der Waals surface area contributed by atoms with E-state index in [9.17, 15) is 9.59 Å². The molecule has 2 amide bonds. The Bertz CT molecular complexity index is 701. The van der Waals surface area contributed by atoms with Gasteiger partial charge in [0.05, 0.1) is 5.52 Å². The van der Waals surface area contributed by atoms with Crippen LogP contribution in [0.15, 0.2) is 24.4 Å². The Morgan fingerprint density at radius 2 is 2.05 bits per heavy atom. The van der Waals surface area contributed by atoms with Crippen molar-refractivity contribution in [3.63, 3.8) is 0 Å². The second kappa shape index (κ2) is 6.17. The number of carbonyl (C=O) groups excluding carboxylic acids is 2. The molecule has 1 N–H and O–H groups in total. The van der Waals surface area contributed by atoms with Gasteiger partial charge < -0.3 is 10.2 Å². The molecule has 0 saturated carbocycles. The molecule has 3 rings (SSSR count). The molecule has 0 spiro atoms. The Labute approximate surface area is 129 Å². The van der Waals surface area contributed by atoms with Crippen molar-refractivity contribution in [2.75, 3.05) is 19.6 Å². The summed E-state index contributed by atoms with van der Waals surface area (Å²) in [5, 5.41) is 2.82. The van der Waals surface area contributed by atoms with Crippen LogP contribution in [0.25, 0.3) is 5.52 Å². The fraction of sp³-hybridized carbons (Fsp3) is 0.438.